The lowest BCUT2D eigenvalue weighted by molar-refractivity contribution is -0.00739. The fourth-order valence-electron chi connectivity index (χ4n) is 4.44. The van der Waals surface area contributed by atoms with Gasteiger partial charge in [-0.2, -0.15) is 0 Å². The molecule has 0 radical (unpaired) electrons. The number of amides is 4. The van der Waals surface area contributed by atoms with Gasteiger partial charge in [0.25, 0.3) is 0 Å². The second-order valence-electron chi connectivity index (χ2n) is 7.96. The van der Waals surface area contributed by atoms with Gasteiger partial charge in [0.2, 0.25) is 0 Å². The Morgan fingerprint density at radius 2 is 1.93 bits per heavy atom. The van der Waals surface area contributed by atoms with Gasteiger partial charge in [-0.15, -0.1) is 0 Å². The molecule has 2 aliphatic heterocycles. The summed E-state index contributed by atoms with van der Waals surface area (Å²) in [4.78, 5) is 29.2. The van der Waals surface area contributed by atoms with Crippen molar-refractivity contribution in [3.8, 4) is 0 Å². The lowest BCUT2D eigenvalue weighted by Gasteiger charge is -2.58. The van der Waals surface area contributed by atoms with Crippen LogP contribution in [0.15, 0.2) is 48.5 Å². The number of carbonyl (C=O) groups is 2. The van der Waals surface area contributed by atoms with Gasteiger partial charge in [-0.3, -0.25) is 4.90 Å². The number of carbonyl (C=O) groups excluding carboxylic acids is 2. The molecule has 4 rings (SSSR count). The molecule has 30 heavy (non-hydrogen) atoms. The zero-order valence-corrected chi connectivity index (χ0v) is 17.6. The number of para-hydroxylation sites is 1. The number of hydrogen-bond acceptors (Lipinski definition) is 3. The van der Waals surface area contributed by atoms with Crippen LogP contribution in [0.2, 0.25) is 5.02 Å². The van der Waals surface area contributed by atoms with Crippen LogP contribution in [0.25, 0.3) is 0 Å². The van der Waals surface area contributed by atoms with E-state index in [2.05, 4.69) is 10.6 Å². The van der Waals surface area contributed by atoms with Crippen LogP contribution in [0.3, 0.4) is 0 Å². The van der Waals surface area contributed by atoms with Gasteiger partial charge in [-0.1, -0.05) is 35.9 Å². The Hall–Kier alpha value is -2.77. The Bertz CT molecular complexity index is 967. The first-order valence-electron chi connectivity index (χ1n) is 10.0. The van der Waals surface area contributed by atoms with Crippen molar-refractivity contribution in [1.82, 2.24) is 10.2 Å². The fourth-order valence-corrected chi connectivity index (χ4v) is 4.63. The van der Waals surface area contributed by atoms with E-state index in [0.29, 0.717) is 17.3 Å². The molecule has 2 aromatic rings. The minimum atomic E-state index is -0.312. The summed E-state index contributed by atoms with van der Waals surface area (Å²) in [6, 6.07) is 13.6. The summed E-state index contributed by atoms with van der Waals surface area (Å²) in [5.41, 5.74) is 2.35. The maximum absolute atomic E-state index is 13.1. The van der Waals surface area contributed by atoms with E-state index in [1.807, 2.05) is 38.1 Å². The van der Waals surface area contributed by atoms with E-state index in [-0.39, 0.29) is 42.7 Å². The number of halogens is 1. The maximum Gasteiger partial charge on any atom is 0.326 e. The van der Waals surface area contributed by atoms with Crippen LogP contribution in [-0.4, -0.2) is 53.3 Å². The highest BCUT2D eigenvalue weighted by atomic mass is 35.5. The number of likely N-dealkylation sites (tertiary alicyclic amines) is 1. The van der Waals surface area contributed by atoms with Crippen molar-refractivity contribution in [1.29, 1.82) is 0 Å². The van der Waals surface area contributed by atoms with Gasteiger partial charge in [-0.25, -0.2) is 9.59 Å². The number of nitrogens with one attached hydrogen (secondary N) is 2. The molecular formula is C22H25ClN4O3. The SMILES string of the molecule is CC(C)NC(=O)N1[C@@H](CO)[C@@H]2c3ccccc3N(C(=O)Nc3cccc(Cl)c3)C[C@@H]21. The van der Waals surface area contributed by atoms with Crippen molar-refractivity contribution in [3.63, 3.8) is 0 Å². The lowest BCUT2D eigenvalue weighted by atomic mass is 9.72. The van der Waals surface area contributed by atoms with Crippen LogP contribution in [-0.2, 0) is 0 Å². The number of urea groups is 2. The summed E-state index contributed by atoms with van der Waals surface area (Å²) in [7, 11) is 0. The lowest BCUT2D eigenvalue weighted by Crippen LogP contribution is -2.72. The molecule has 0 saturated carbocycles. The van der Waals surface area contributed by atoms with Gasteiger partial charge in [0, 0.05) is 34.9 Å². The number of hydrogen-bond donors (Lipinski definition) is 3. The Morgan fingerprint density at radius 3 is 2.63 bits per heavy atom. The van der Waals surface area contributed by atoms with Crippen molar-refractivity contribution >= 4 is 35.0 Å². The molecule has 1 fully saturated rings. The van der Waals surface area contributed by atoms with Crippen molar-refractivity contribution < 1.29 is 14.7 Å². The van der Waals surface area contributed by atoms with Gasteiger partial charge in [-0.05, 0) is 43.7 Å². The molecule has 1 saturated heterocycles. The van der Waals surface area contributed by atoms with E-state index in [1.54, 1.807) is 34.1 Å². The molecule has 3 N–H and O–H groups in total. The second-order valence-corrected chi connectivity index (χ2v) is 8.40. The van der Waals surface area contributed by atoms with Crippen LogP contribution in [0.1, 0.15) is 25.3 Å². The minimum Gasteiger partial charge on any atom is -0.394 e. The summed E-state index contributed by atoms with van der Waals surface area (Å²) in [5, 5.41) is 16.3. The van der Waals surface area contributed by atoms with Crippen LogP contribution in [0.5, 0.6) is 0 Å². The third kappa shape index (κ3) is 3.59. The Balaban J connectivity index is 1.63. The molecule has 2 aromatic carbocycles. The molecule has 0 aromatic heterocycles. The molecule has 4 amide bonds. The van der Waals surface area contributed by atoms with E-state index >= 15 is 0 Å². The molecular weight excluding hydrogens is 404 g/mol. The van der Waals surface area contributed by atoms with Crippen LogP contribution in [0, 0.1) is 0 Å². The summed E-state index contributed by atoms with van der Waals surface area (Å²) >= 11 is 6.03. The normalized spacial score (nSPS) is 22.1. The van der Waals surface area contributed by atoms with Crippen molar-refractivity contribution in [2.24, 2.45) is 0 Å². The molecule has 158 valence electrons. The zero-order valence-electron chi connectivity index (χ0n) is 16.9. The molecule has 7 nitrogen and oxygen atoms in total. The molecule has 0 unspecified atom stereocenters. The molecule has 3 atom stereocenters. The fraction of sp³-hybridized carbons (Fsp3) is 0.364. The van der Waals surface area contributed by atoms with E-state index in [0.717, 1.165) is 11.3 Å². The average Bonchev–Trinajstić information content (AvgIpc) is 2.67. The molecule has 0 aliphatic carbocycles. The Labute approximate surface area is 180 Å². The first-order chi connectivity index (χ1) is 14.4. The molecule has 2 heterocycles. The maximum atomic E-state index is 13.1. The number of fused-ring (bicyclic) bond motifs is 3. The van der Waals surface area contributed by atoms with Gasteiger partial charge < -0.3 is 20.6 Å². The predicted molar refractivity (Wildman–Crippen MR) is 117 cm³/mol. The van der Waals surface area contributed by atoms with Crippen molar-refractivity contribution in [3.05, 3.63) is 59.1 Å². The number of anilines is 2. The monoisotopic (exact) mass is 428 g/mol. The first-order valence-corrected chi connectivity index (χ1v) is 10.4. The van der Waals surface area contributed by atoms with Crippen molar-refractivity contribution in [2.45, 2.75) is 37.9 Å². The molecule has 8 heteroatoms. The van der Waals surface area contributed by atoms with E-state index < -0.39 is 0 Å². The topological polar surface area (TPSA) is 84.9 Å². The highest BCUT2D eigenvalue weighted by Gasteiger charge is 2.55. The molecule has 0 spiro atoms. The molecule has 2 aliphatic rings. The van der Waals surface area contributed by atoms with Gasteiger partial charge in [0.1, 0.15) is 0 Å². The summed E-state index contributed by atoms with van der Waals surface area (Å²) in [6.07, 6.45) is 0. The van der Waals surface area contributed by atoms with E-state index in [1.165, 1.54) is 0 Å². The number of rotatable bonds is 3. The summed E-state index contributed by atoms with van der Waals surface area (Å²) in [6.45, 7) is 4.00. The number of nitrogens with zero attached hydrogens (tertiary/aromatic N) is 2. The largest absolute Gasteiger partial charge is 0.394 e. The average molecular weight is 429 g/mol. The standard InChI is InChI=1S/C22H25ClN4O3/c1-13(2)24-22(30)27-18-11-26(21(29)25-15-7-5-6-14(23)10-15)17-9-4-3-8-16(17)20(18)19(27)12-28/h3-10,13,18-20,28H,11-12H2,1-2H3,(H,24,30)(H,25,29)/t18-,19-,20+/m0/s1. The van der Waals surface area contributed by atoms with Crippen molar-refractivity contribution in [2.75, 3.05) is 23.4 Å². The highest BCUT2D eigenvalue weighted by Crippen LogP contribution is 2.48. The number of benzene rings is 2. The third-order valence-electron chi connectivity index (χ3n) is 5.65. The van der Waals surface area contributed by atoms with Crippen LogP contribution >= 0.6 is 11.6 Å². The Morgan fingerprint density at radius 1 is 1.17 bits per heavy atom. The number of aliphatic hydroxyl groups excluding tert-OH is 1. The highest BCUT2D eigenvalue weighted by molar-refractivity contribution is 6.30. The quantitative estimate of drug-likeness (QED) is 0.697. The van der Waals surface area contributed by atoms with Crippen LogP contribution in [0.4, 0.5) is 21.0 Å². The summed E-state index contributed by atoms with van der Waals surface area (Å²) in [5.74, 6) is -0.0145. The third-order valence-corrected chi connectivity index (χ3v) is 5.89. The number of aliphatic hydroxyl groups is 1. The Kier molecular flexibility index (Phi) is 5.58. The predicted octanol–water partition coefficient (Wildman–Crippen LogP) is 3.64. The smallest absolute Gasteiger partial charge is 0.326 e. The summed E-state index contributed by atoms with van der Waals surface area (Å²) < 4.78 is 0. The second kappa shape index (κ2) is 8.16. The van der Waals surface area contributed by atoms with Crippen LogP contribution < -0.4 is 15.5 Å². The van der Waals surface area contributed by atoms with E-state index in [9.17, 15) is 14.7 Å². The van der Waals surface area contributed by atoms with Gasteiger partial charge >= 0.3 is 12.1 Å². The first kappa shape index (κ1) is 20.5. The van der Waals surface area contributed by atoms with Gasteiger partial charge in [0.15, 0.2) is 0 Å². The minimum absolute atomic E-state index is 0.0145. The van der Waals surface area contributed by atoms with E-state index in [4.69, 9.17) is 11.6 Å². The molecule has 0 bridgehead atoms. The zero-order chi connectivity index (χ0) is 21.4. The van der Waals surface area contributed by atoms with Gasteiger partial charge in [0.05, 0.1) is 18.7 Å².